The molecule has 1 aliphatic carbocycles. The first-order valence-corrected chi connectivity index (χ1v) is 7.29. The number of non-ortho nitro benzene ring substituents is 1. The number of hydrogen-bond acceptors (Lipinski definition) is 4. The molecule has 118 valence electrons. The molecule has 1 aliphatic rings. The maximum absolute atomic E-state index is 12.1. The Labute approximate surface area is 128 Å². The van der Waals surface area contributed by atoms with Crippen LogP contribution in [-0.4, -0.2) is 22.8 Å². The molecule has 0 radical (unpaired) electrons. The van der Waals surface area contributed by atoms with Gasteiger partial charge in [-0.1, -0.05) is 25.0 Å². The highest BCUT2D eigenvalue weighted by atomic mass is 16.6. The molecule has 0 aliphatic heterocycles. The summed E-state index contributed by atoms with van der Waals surface area (Å²) >= 11 is 0. The van der Waals surface area contributed by atoms with E-state index in [9.17, 15) is 19.7 Å². The third-order valence-electron chi connectivity index (χ3n) is 3.96. The Hall–Kier alpha value is -2.44. The quantitative estimate of drug-likeness (QED) is 0.630. The van der Waals surface area contributed by atoms with E-state index in [1.807, 2.05) is 0 Å². The average molecular weight is 305 g/mol. The van der Waals surface area contributed by atoms with Crippen molar-refractivity contribution < 1.29 is 14.5 Å². The molecule has 1 aromatic carbocycles. The fourth-order valence-corrected chi connectivity index (χ4v) is 2.87. The molecule has 0 unspecified atom stereocenters. The summed E-state index contributed by atoms with van der Waals surface area (Å²) in [5.74, 6) is -0.971. The predicted octanol–water partition coefficient (Wildman–Crippen LogP) is 1.30. The summed E-state index contributed by atoms with van der Waals surface area (Å²) in [6.45, 7) is 0. The Morgan fingerprint density at radius 2 is 2.05 bits per heavy atom. The highest BCUT2D eigenvalue weighted by Gasteiger charge is 2.30. The zero-order chi connectivity index (χ0) is 16.1. The second-order valence-electron chi connectivity index (χ2n) is 5.57. The maximum Gasteiger partial charge on any atom is 0.269 e. The van der Waals surface area contributed by atoms with Crippen LogP contribution in [0.25, 0.3) is 0 Å². The summed E-state index contributed by atoms with van der Waals surface area (Å²) in [5.41, 5.74) is 5.90. The Morgan fingerprint density at radius 3 is 2.73 bits per heavy atom. The van der Waals surface area contributed by atoms with E-state index in [4.69, 9.17) is 5.73 Å². The van der Waals surface area contributed by atoms with Gasteiger partial charge in [-0.2, -0.15) is 0 Å². The summed E-state index contributed by atoms with van der Waals surface area (Å²) in [4.78, 5) is 33.8. The number of rotatable bonds is 5. The molecular formula is C15H19N3O4. The number of hydrogen-bond donors (Lipinski definition) is 2. The smallest absolute Gasteiger partial charge is 0.269 e. The van der Waals surface area contributed by atoms with Crippen molar-refractivity contribution in [2.75, 3.05) is 0 Å². The lowest BCUT2D eigenvalue weighted by molar-refractivity contribution is -0.384. The van der Waals surface area contributed by atoms with Crippen molar-refractivity contribution in [2.24, 2.45) is 11.7 Å². The summed E-state index contributed by atoms with van der Waals surface area (Å²) in [5, 5.41) is 13.6. The number of nitrogens with zero attached hydrogens (tertiary/aromatic N) is 1. The van der Waals surface area contributed by atoms with Crippen LogP contribution >= 0.6 is 0 Å². The largest absolute Gasteiger partial charge is 0.369 e. The lowest BCUT2D eigenvalue weighted by atomic mass is 9.84. The fraction of sp³-hybridized carbons (Fsp3) is 0.467. The minimum Gasteiger partial charge on any atom is -0.369 e. The van der Waals surface area contributed by atoms with Gasteiger partial charge in [0.15, 0.2) is 0 Å². The normalized spacial score (nSPS) is 21.1. The standard InChI is InChI=1S/C15H19N3O4/c16-15(20)12-6-1-2-7-13(12)17-14(19)9-10-4-3-5-11(8-10)18(21)22/h3-5,8,12-13H,1-2,6-7,9H2,(H2,16,20)(H,17,19)/t12-,13+/m1/s1. The SMILES string of the molecule is NC(=O)[C@@H]1CCCC[C@@H]1NC(=O)Cc1cccc([N+](=O)[O-])c1. The van der Waals surface area contributed by atoms with E-state index >= 15 is 0 Å². The van der Waals surface area contributed by atoms with E-state index in [2.05, 4.69) is 5.32 Å². The Bertz CT molecular complexity index is 588. The monoisotopic (exact) mass is 305 g/mol. The molecule has 2 rings (SSSR count). The number of nitrogens with one attached hydrogen (secondary N) is 1. The first-order chi connectivity index (χ1) is 10.5. The number of primary amides is 1. The van der Waals surface area contributed by atoms with Gasteiger partial charge in [-0.15, -0.1) is 0 Å². The van der Waals surface area contributed by atoms with Gasteiger partial charge in [-0.25, -0.2) is 0 Å². The second-order valence-corrected chi connectivity index (χ2v) is 5.57. The first kappa shape index (κ1) is 15.9. The Morgan fingerprint density at radius 1 is 1.32 bits per heavy atom. The lowest BCUT2D eigenvalue weighted by Crippen LogP contribution is -2.47. The molecule has 0 saturated heterocycles. The predicted molar refractivity (Wildman–Crippen MR) is 79.9 cm³/mol. The van der Waals surface area contributed by atoms with E-state index in [1.54, 1.807) is 12.1 Å². The number of nitro groups is 1. The molecule has 2 amide bonds. The molecule has 7 heteroatoms. The molecule has 1 aromatic rings. The molecule has 3 N–H and O–H groups in total. The maximum atomic E-state index is 12.1. The van der Waals surface area contributed by atoms with Crippen LogP contribution in [0.1, 0.15) is 31.2 Å². The van der Waals surface area contributed by atoms with Crippen molar-refractivity contribution in [3.63, 3.8) is 0 Å². The van der Waals surface area contributed by atoms with Crippen molar-refractivity contribution in [3.05, 3.63) is 39.9 Å². The molecule has 0 heterocycles. The molecule has 7 nitrogen and oxygen atoms in total. The van der Waals surface area contributed by atoms with Crippen LogP contribution in [0, 0.1) is 16.0 Å². The van der Waals surface area contributed by atoms with Gasteiger partial charge in [-0.3, -0.25) is 19.7 Å². The number of nitro benzene ring substituents is 1. The van der Waals surface area contributed by atoms with E-state index < -0.39 is 4.92 Å². The highest BCUT2D eigenvalue weighted by molar-refractivity contribution is 5.82. The second kappa shape index (κ2) is 7.02. The van der Waals surface area contributed by atoms with Crippen LogP contribution in [0.5, 0.6) is 0 Å². The van der Waals surface area contributed by atoms with E-state index in [-0.39, 0.29) is 35.9 Å². The minimum atomic E-state index is -0.494. The van der Waals surface area contributed by atoms with Gasteiger partial charge in [-0.05, 0) is 18.4 Å². The van der Waals surface area contributed by atoms with Crippen LogP contribution < -0.4 is 11.1 Å². The minimum absolute atomic E-state index is 0.0435. The zero-order valence-electron chi connectivity index (χ0n) is 12.2. The topological polar surface area (TPSA) is 115 Å². The molecule has 0 spiro atoms. The van der Waals surface area contributed by atoms with E-state index in [1.165, 1.54) is 12.1 Å². The van der Waals surface area contributed by atoms with Crippen molar-refractivity contribution in [1.82, 2.24) is 5.32 Å². The summed E-state index contributed by atoms with van der Waals surface area (Å²) in [6, 6.07) is 5.74. The summed E-state index contributed by atoms with van der Waals surface area (Å²) in [7, 11) is 0. The molecule has 22 heavy (non-hydrogen) atoms. The van der Waals surface area contributed by atoms with Gasteiger partial charge in [0.25, 0.3) is 5.69 Å². The van der Waals surface area contributed by atoms with E-state index in [0.717, 1.165) is 19.3 Å². The number of amides is 2. The van der Waals surface area contributed by atoms with Crippen molar-refractivity contribution in [1.29, 1.82) is 0 Å². The van der Waals surface area contributed by atoms with Crippen LogP contribution in [-0.2, 0) is 16.0 Å². The van der Waals surface area contributed by atoms with Gasteiger partial charge in [0, 0.05) is 18.2 Å². The highest BCUT2D eigenvalue weighted by Crippen LogP contribution is 2.24. The summed E-state index contributed by atoms with van der Waals surface area (Å²) in [6.07, 6.45) is 3.35. The van der Waals surface area contributed by atoms with Crippen LogP contribution in [0.2, 0.25) is 0 Å². The van der Waals surface area contributed by atoms with Crippen LogP contribution in [0.4, 0.5) is 5.69 Å². The van der Waals surface area contributed by atoms with Gasteiger partial charge in [0.2, 0.25) is 11.8 Å². The van der Waals surface area contributed by atoms with E-state index in [0.29, 0.717) is 12.0 Å². The molecule has 0 aromatic heterocycles. The van der Waals surface area contributed by atoms with Crippen molar-refractivity contribution >= 4 is 17.5 Å². The Kier molecular flexibility index (Phi) is 5.08. The molecule has 0 bridgehead atoms. The fourth-order valence-electron chi connectivity index (χ4n) is 2.87. The van der Waals surface area contributed by atoms with Crippen molar-refractivity contribution in [3.8, 4) is 0 Å². The van der Waals surface area contributed by atoms with Gasteiger partial charge >= 0.3 is 0 Å². The molecular weight excluding hydrogens is 286 g/mol. The number of carbonyl (C=O) groups is 2. The zero-order valence-corrected chi connectivity index (χ0v) is 12.2. The van der Waals surface area contributed by atoms with Gasteiger partial charge in [0.05, 0.1) is 17.3 Å². The number of nitrogens with two attached hydrogens (primary N) is 1. The average Bonchev–Trinajstić information content (AvgIpc) is 2.47. The molecule has 1 saturated carbocycles. The van der Waals surface area contributed by atoms with Crippen LogP contribution in [0.15, 0.2) is 24.3 Å². The lowest BCUT2D eigenvalue weighted by Gasteiger charge is -2.30. The molecule has 1 fully saturated rings. The molecule has 2 atom stereocenters. The van der Waals surface area contributed by atoms with Gasteiger partial charge in [0.1, 0.15) is 0 Å². The van der Waals surface area contributed by atoms with Crippen molar-refractivity contribution in [2.45, 2.75) is 38.1 Å². The third kappa shape index (κ3) is 4.03. The number of benzene rings is 1. The third-order valence-corrected chi connectivity index (χ3v) is 3.96. The van der Waals surface area contributed by atoms with Gasteiger partial charge < -0.3 is 11.1 Å². The Balaban J connectivity index is 1.98. The number of carbonyl (C=O) groups excluding carboxylic acids is 2. The first-order valence-electron chi connectivity index (χ1n) is 7.29. The summed E-state index contributed by atoms with van der Waals surface area (Å²) < 4.78 is 0. The van der Waals surface area contributed by atoms with Crippen LogP contribution in [0.3, 0.4) is 0 Å².